The number of morpholine rings is 1. The van der Waals surface area contributed by atoms with Gasteiger partial charge in [0.05, 0.1) is 29.1 Å². The molecule has 3 aromatic rings. The van der Waals surface area contributed by atoms with Gasteiger partial charge in [0, 0.05) is 32.6 Å². The molecule has 176 valence electrons. The molecule has 1 saturated heterocycles. The molecule has 0 aliphatic carbocycles. The van der Waals surface area contributed by atoms with Crippen LogP contribution in [0.2, 0.25) is 0 Å². The van der Waals surface area contributed by atoms with E-state index in [4.69, 9.17) is 4.74 Å². The third-order valence-corrected chi connectivity index (χ3v) is 7.81. The number of para-hydroxylation sites is 2. The van der Waals surface area contributed by atoms with Gasteiger partial charge in [-0.1, -0.05) is 24.3 Å². The summed E-state index contributed by atoms with van der Waals surface area (Å²) < 4.78 is 34.2. The highest BCUT2D eigenvalue weighted by molar-refractivity contribution is 7.89. The van der Waals surface area contributed by atoms with Gasteiger partial charge in [-0.2, -0.15) is 4.31 Å². The Morgan fingerprint density at radius 1 is 1.09 bits per heavy atom. The molecular formula is C24H30N4O4S. The Labute approximate surface area is 194 Å². The lowest BCUT2D eigenvalue weighted by atomic mass is 10.1. The minimum Gasteiger partial charge on any atom is -0.379 e. The van der Waals surface area contributed by atoms with Gasteiger partial charge in [-0.3, -0.25) is 4.79 Å². The van der Waals surface area contributed by atoms with E-state index in [1.807, 2.05) is 25.1 Å². The summed E-state index contributed by atoms with van der Waals surface area (Å²) in [7, 11) is -3.49. The van der Waals surface area contributed by atoms with Crippen LogP contribution in [0.3, 0.4) is 0 Å². The molecule has 1 amide bonds. The summed E-state index contributed by atoms with van der Waals surface area (Å²) in [6, 6.07) is 14.9. The highest BCUT2D eigenvalue weighted by Gasteiger charge is 2.26. The maximum Gasteiger partial charge on any atom is 0.243 e. The molecular weight excluding hydrogens is 440 g/mol. The van der Waals surface area contributed by atoms with E-state index in [1.165, 1.54) is 4.31 Å². The average molecular weight is 471 g/mol. The Bertz CT molecular complexity index is 1200. The zero-order valence-corrected chi connectivity index (χ0v) is 19.7. The minimum absolute atomic E-state index is 0.00720. The van der Waals surface area contributed by atoms with Gasteiger partial charge in [0.15, 0.2) is 0 Å². The lowest BCUT2D eigenvalue weighted by Crippen LogP contribution is -2.40. The van der Waals surface area contributed by atoms with Crippen LogP contribution in [-0.4, -0.2) is 61.0 Å². The second-order valence-corrected chi connectivity index (χ2v) is 10.1. The number of nitrogens with zero attached hydrogens (tertiary/aromatic N) is 3. The molecule has 1 aromatic heterocycles. The molecule has 2 aromatic carbocycles. The van der Waals surface area contributed by atoms with E-state index in [-0.39, 0.29) is 10.8 Å². The largest absolute Gasteiger partial charge is 0.379 e. The van der Waals surface area contributed by atoms with Gasteiger partial charge in [-0.05, 0) is 49.6 Å². The van der Waals surface area contributed by atoms with Crippen molar-refractivity contribution in [2.45, 2.75) is 37.6 Å². The predicted molar refractivity (Wildman–Crippen MR) is 126 cm³/mol. The number of nitrogens with one attached hydrogen (secondary N) is 1. The van der Waals surface area contributed by atoms with E-state index < -0.39 is 10.0 Å². The second kappa shape index (κ2) is 10.5. The molecule has 0 atom stereocenters. The van der Waals surface area contributed by atoms with E-state index in [9.17, 15) is 13.2 Å². The van der Waals surface area contributed by atoms with Crippen molar-refractivity contribution in [3.63, 3.8) is 0 Å². The summed E-state index contributed by atoms with van der Waals surface area (Å²) in [5, 5.41) is 2.97. The van der Waals surface area contributed by atoms with Crippen molar-refractivity contribution in [2.24, 2.45) is 0 Å². The molecule has 1 aliphatic heterocycles. The van der Waals surface area contributed by atoms with Gasteiger partial charge >= 0.3 is 0 Å². The van der Waals surface area contributed by atoms with Gasteiger partial charge in [0.2, 0.25) is 15.9 Å². The SMILES string of the molecule is Cc1nc2ccccc2n1CCCNC(=O)CCc1ccc(S(=O)(=O)N2CCOCC2)cc1. The number of benzene rings is 2. The maximum absolute atomic E-state index is 12.7. The van der Waals surface area contributed by atoms with Crippen LogP contribution in [0.15, 0.2) is 53.4 Å². The molecule has 1 aliphatic rings. The highest BCUT2D eigenvalue weighted by Crippen LogP contribution is 2.18. The van der Waals surface area contributed by atoms with Crippen molar-refractivity contribution < 1.29 is 17.9 Å². The number of hydrogen-bond donors (Lipinski definition) is 1. The van der Waals surface area contributed by atoms with Crippen LogP contribution in [0.5, 0.6) is 0 Å². The van der Waals surface area contributed by atoms with E-state index >= 15 is 0 Å². The Kier molecular flexibility index (Phi) is 7.42. The summed E-state index contributed by atoms with van der Waals surface area (Å²) in [5.41, 5.74) is 3.04. The van der Waals surface area contributed by atoms with E-state index in [0.717, 1.165) is 35.4 Å². The van der Waals surface area contributed by atoms with Crippen LogP contribution in [-0.2, 0) is 32.5 Å². The Morgan fingerprint density at radius 2 is 1.82 bits per heavy atom. The normalized spacial score (nSPS) is 15.1. The van der Waals surface area contributed by atoms with Crippen molar-refractivity contribution in [1.82, 2.24) is 19.2 Å². The van der Waals surface area contributed by atoms with Crippen molar-refractivity contribution in [1.29, 1.82) is 0 Å². The molecule has 33 heavy (non-hydrogen) atoms. The highest BCUT2D eigenvalue weighted by atomic mass is 32.2. The monoisotopic (exact) mass is 470 g/mol. The van der Waals surface area contributed by atoms with Gasteiger partial charge in [0.25, 0.3) is 0 Å². The number of carbonyl (C=O) groups excluding carboxylic acids is 1. The number of amides is 1. The van der Waals surface area contributed by atoms with E-state index in [0.29, 0.717) is 45.7 Å². The van der Waals surface area contributed by atoms with E-state index in [1.54, 1.807) is 24.3 Å². The number of ether oxygens (including phenoxy) is 1. The van der Waals surface area contributed by atoms with Gasteiger partial charge < -0.3 is 14.6 Å². The predicted octanol–water partition coefficient (Wildman–Crippen LogP) is 2.50. The first-order valence-corrected chi connectivity index (χ1v) is 12.7. The van der Waals surface area contributed by atoms with Crippen LogP contribution >= 0.6 is 0 Å². The first-order chi connectivity index (χ1) is 15.9. The summed E-state index contributed by atoms with van der Waals surface area (Å²) >= 11 is 0. The van der Waals surface area contributed by atoms with Crippen molar-refractivity contribution in [3.05, 3.63) is 59.9 Å². The molecule has 4 rings (SSSR count). The molecule has 0 radical (unpaired) electrons. The first kappa shape index (κ1) is 23.4. The third-order valence-electron chi connectivity index (χ3n) is 5.90. The molecule has 0 bridgehead atoms. The van der Waals surface area contributed by atoms with Crippen molar-refractivity contribution in [3.8, 4) is 0 Å². The lowest BCUT2D eigenvalue weighted by Gasteiger charge is -2.26. The first-order valence-electron chi connectivity index (χ1n) is 11.3. The van der Waals surface area contributed by atoms with Crippen molar-refractivity contribution in [2.75, 3.05) is 32.8 Å². The number of carbonyl (C=O) groups is 1. The number of fused-ring (bicyclic) bond motifs is 1. The molecule has 0 spiro atoms. The Hall–Kier alpha value is -2.75. The Balaban J connectivity index is 1.21. The fraction of sp³-hybridized carbons (Fsp3) is 0.417. The summed E-state index contributed by atoms with van der Waals surface area (Å²) in [6.45, 7) is 4.99. The number of imidazole rings is 1. The van der Waals surface area contributed by atoms with Crippen LogP contribution in [0.4, 0.5) is 0 Å². The van der Waals surface area contributed by atoms with Crippen LogP contribution in [0.25, 0.3) is 11.0 Å². The quantitative estimate of drug-likeness (QED) is 0.485. The number of hydrogen-bond acceptors (Lipinski definition) is 5. The van der Waals surface area contributed by atoms with Gasteiger partial charge in [-0.25, -0.2) is 13.4 Å². The lowest BCUT2D eigenvalue weighted by molar-refractivity contribution is -0.121. The number of aromatic nitrogens is 2. The maximum atomic E-state index is 12.7. The second-order valence-electron chi connectivity index (χ2n) is 8.16. The van der Waals surface area contributed by atoms with Gasteiger partial charge in [-0.15, -0.1) is 0 Å². The minimum atomic E-state index is -3.49. The molecule has 1 fully saturated rings. The standard InChI is InChI=1S/C24H30N4O4S/c1-19-26-22-5-2-3-6-23(22)28(19)14-4-13-25-24(29)12-9-20-7-10-21(11-8-20)33(30,31)27-15-17-32-18-16-27/h2-3,5-8,10-11H,4,9,12-18H2,1H3,(H,25,29). The molecule has 2 heterocycles. The van der Waals surface area contributed by atoms with Gasteiger partial charge in [0.1, 0.15) is 5.82 Å². The summed E-state index contributed by atoms with van der Waals surface area (Å²) in [5.74, 6) is 0.967. The fourth-order valence-electron chi connectivity index (χ4n) is 4.05. The molecule has 0 unspecified atom stereocenters. The number of aryl methyl sites for hydroxylation is 3. The fourth-order valence-corrected chi connectivity index (χ4v) is 5.46. The molecule has 8 nitrogen and oxygen atoms in total. The summed E-state index contributed by atoms with van der Waals surface area (Å²) in [6.07, 6.45) is 1.75. The topological polar surface area (TPSA) is 93.5 Å². The average Bonchev–Trinajstić information content (AvgIpc) is 3.16. The summed E-state index contributed by atoms with van der Waals surface area (Å²) in [4.78, 5) is 17.1. The third kappa shape index (κ3) is 5.61. The number of rotatable bonds is 9. The molecule has 1 N–H and O–H groups in total. The van der Waals surface area contributed by atoms with Crippen LogP contribution < -0.4 is 5.32 Å². The smallest absolute Gasteiger partial charge is 0.243 e. The van der Waals surface area contributed by atoms with E-state index in [2.05, 4.69) is 20.9 Å². The van der Waals surface area contributed by atoms with Crippen molar-refractivity contribution >= 4 is 27.0 Å². The zero-order valence-electron chi connectivity index (χ0n) is 18.9. The van der Waals surface area contributed by atoms with Crippen LogP contribution in [0, 0.1) is 6.92 Å². The van der Waals surface area contributed by atoms with Crippen LogP contribution in [0.1, 0.15) is 24.2 Å². The molecule has 0 saturated carbocycles. The Morgan fingerprint density at radius 3 is 2.58 bits per heavy atom. The zero-order chi connectivity index (χ0) is 23.3. The molecule has 9 heteroatoms. The number of sulfonamides is 1.